The van der Waals surface area contributed by atoms with Gasteiger partial charge in [0.2, 0.25) is 5.88 Å². The molecule has 70 valence electrons. The zero-order valence-electron chi connectivity index (χ0n) is 7.39. The standard InChI is InChI=1S/C9H13N3O/c10-7-2-1-3-8(7)13-9-4-5-11-6-12-9/h4-8H,1-3,10H2. The Morgan fingerprint density at radius 2 is 2.38 bits per heavy atom. The highest BCUT2D eigenvalue weighted by molar-refractivity contribution is 5.06. The minimum absolute atomic E-state index is 0.134. The van der Waals surface area contributed by atoms with Gasteiger partial charge >= 0.3 is 0 Å². The van der Waals surface area contributed by atoms with Crippen LogP contribution in [-0.2, 0) is 0 Å². The molecule has 0 bridgehead atoms. The van der Waals surface area contributed by atoms with Crippen molar-refractivity contribution < 1.29 is 4.74 Å². The number of rotatable bonds is 2. The first kappa shape index (κ1) is 8.44. The summed E-state index contributed by atoms with van der Waals surface area (Å²) in [6.07, 6.45) is 6.52. The summed E-state index contributed by atoms with van der Waals surface area (Å²) < 4.78 is 5.61. The Bertz CT molecular complexity index is 265. The second kappa shape index (κ2) is 3.70. The van der Waals surface area contributed by atoms with Crippen molar-refractivity contribution in [2.24, 2.45) is 5.73 Å². The van der Waals surface area contributed by atoms with Crippen LogP contribution in [0.15, 0.2) is 18.6 Å². The highest BCUT2D eigenvalue weighted by Crippen LogP contribution is 2.21. The number of nitrogens with zero attached hydrogens (tertiary/aromatic N) is 2. The van der Waals surface area contributed by atoms with E-state index in [-0.39, 0.29) is 12.1 Å². The molecule has 1 aromatic heterocycles. The topological polar surface area (TPSA) is 61.0 Å². The van der Waals surface area contributed by atoms with Crippen molar-refractivity contribution in [1.29, 1.82) is 0 Å². The van der Waals surface area contributed by atoms with Crippen LogP contribution in [0.5, 0.6) is 5.88 Å². The first-order chi connectivity index (χ1) is 6.36. The molecule has 1 heterocycles. The maximum Gasteiger partial charge on any atom is 0.216 e. The molecule has 2 N–H and O–H groups in total. The van der Waals surface area contributed by atoms with E-state index >= 15 is 0 Å². The van der Waals surface area contributed by atoms with Gasteiger partial charge in [0.25, 0.3) is 0 Å². The minimum Gasteiger partial charge on any atom is -0.473 e. The summed E-state index contributed by atoms with van der Waals surface area (Å²) in [5.74, 6) is 0.623. The normalized spacial score (nSPS) is 27.5. The summed E-state index contributed by atoms with van der Waals surface area (Å²) in [7, 11) is 0. The highest BCUT2D eigenvalue weighted by Gasteiger charge is 2.25. The first-order valence-corrected chi connectivity index (χ1v) is 4.54. The van der Waals surface area contributed by atoms with Crippen molar-refractivity contribution in [2.45, 2.75) is 31.4 Å². The summed E-state index contributed by atoms with van der Waals surface area (Å²) in [5.41, 5.74) is 5.86. The van der Waals surface area contributed by atoms with Crippen LogP contribution in [0, 0.1) is 0 Å². The van der Waals surface area contributed by atoms with Gasteiger partial charge in [0.05, 0.1) is 0 Å². The molecule has 0 aromatic carbocycles. The predicted molar refractivity (Wildman–Crippen MR) is 48.3 cm³/mol. The Morgan fingerprint density at radius 1 is 1.46 bits per heavy atom. The molecule has 0 aliphatic heterocycles. The molecule has 1 saturated carbocycles. The van der Waals surface area contributed by atoms with Gasteiger partial charge in [-0.05, 0) is 19.3 Å². The van der Waals surface area contributed by atoms with Gasteiger partial charge in [-0.25, -0.2) is 9.97 Å². The third kappa shape index (κ3) is 1.95. The first-order valence-electron chi connectivity index (χ1n) is 4.54. The fourth-order valence-electron chi connectivity index (χ4n) is 1.60. The van der Waals surface area contributed by atoms with E-state index in [1.807, 2.05) is 0 Å². The average Bonchev–Trinajstić information content (AvgIpc) is 2.54. The molecule has 0 radical (unpaired) electrons. The Morgan fingerprint density at radius 3 is 3.00 bits per heavy atom. The van der Waals surface area contributed by atoms with Crippen LogP contribution in [0.1, 0.15) is 19.3 Å². The zero-order valence-corrected chi connectivity index (χ0v) is 7.39. The molecule has 2 atom stereocenters. The van der Waals surface area contributed by atoms with Gasteiger partial charge in [0.1, 0.15) is 12.4 Å². The summed E-state index contributed by atoms with van der Waals surface area (Å²) in [5, 5.41) is 0. The molecular formula is C9H13N3O. The molecule has 1 aliphatic rings. The van der Waals surface area contributed by atoms with Gasteiger partial charge in [-0.15, -0.1) is 0 Å². The minimum atomic E-state index is 0.134. The van der Waals surface area contributed by atoms with Crippen molar-refractivity contribution in [2.75, 3.05) is 0 Å². The van der Waals surface area contributed by atoms with E-state index in [0.717, 1.165) is 19.3 Å². The van der Waals surface area contributed by atoms with Crippen LogP contribution in [0.2, 0.25) is 0 Å². The second-order valence-corrected chi connectivity index (χ2v) is 3.30. The van der Waals surface area contributed by atoms with Crippen LogP contribution in [0.4, 0.5) is 0 Å². The zero-order chi connectivity index (χ0) is 9.10. The smallest absolute Gasteiger partial charge is 0.216 e. The molecule has 0 saturated heterocycles. The molecule has 1 aliphatic carbocycles. The van der Waals surface area contributed by atoms with E-state index in [4.69, 9.17) is 10.5 Å². The number of aromatic nitrogens is 2. The largest absolute Gasteiger partial charge is 0.473 e. The van der Waals surface area contributed by atoms with E-state index in [2.05, 4.69) is 9.97 Å². The quantitative estimate of drug-likeness (QED) is 0.727. The summed E-state index contributed by atoms with van der Waals surface area (Å²) in [6, 6.07) is 1.92. The van der Waals surface area contributed by atoms with Crippen molar-refractivity contribution in [3.05, 3.63) is 18.6 Å². The van der Waals surface area contributed by atoms with Crippen LogP contribution in [0.25, 0.3) is 0 Å². The van der Waals surface area contributed by atoms with Gasteiger partial charge < -0.3 is 10.5 Å². The van der Waals surface area contributed by atoms with Gasteiger partial charge in [-0.1, -0.05) is 0 Å². The summed E-state index contributed by atoms with van der Waals surface area (Å²) >= 11 is 0. The second-order valence-electron chi connectivity index (χ2n) is 3.30. The maximum absolute atomic E-state index is 5.86. The fraction of sp³-hybridized carbons (Fsp3) is 0.556. The Balaban J connectivity index is 1.98. The highest BCUT2D eigenvalue weighted by atomic mass is 16.5. The Kier molecular flexibility index (Phi) is 2.40. The van der Waals surface area contributed by atoms with Crippen molar-refractivity contribution in [3.8, 4) is 5.88 Å². The molecule has 4 nitrogen and oxygen atoms in total. The van der Waals surface area contributed by atoms with E-state index in [1.165, 1.54) is 6.33 Å². The molecule has 2 rings (SSSR count). The Labute approximate surface area is 77.1 Å². The lowest BCUT2D eigenvalue weighted by molar-refractivity contribution is 0.183. The van der Waals surface area contributed by atoms with Crippen molar-refractivity contribution >= 4 is 0 Å². The van der Waals surface area contributed by atoms with Crippen molar-refractivity contribution in [3.63, 3.8) is 0 Å². The van der Waals surface area contributed by atoms with E-state index in [9.17, 15) is 0 Å². The van der Waals surface area contributed by atoms with E-state index in [1.54, 1.807) is 12.3 Å². The molecular weight excluding hydrogens is 166 g/mol. The van der Waals surface area contributed by atoms with Crippen LogP contribution >= 0.6 is 0 Å². The number of hydrogen-bond donors (Lipinski definition) is 1. The lowest BCUT2D eigenvalue weighted by atomic mass is 10.2. The van der Waals surface area contributed by atoms with Gasteiger partial charge in [0, 0.05) is 18.3 Å². The van der Waals surface area contributed by atoms with Crippen LogP contribution in [0.3, 0.4) is 0 Å². The SMILES string of the molecule is NC1CCCC1Oc1ccncn1. The van der Waals surface area contributed by atoms with Crippen LogP contribution in [-0.4, -0.2) is 22.1 Å². The fourth-order valence-corrected chi connectivity index (χ4v) is 1.60. The monoisotopic (exact) mass is 179 g/mol. The summed E-state index contributed by atoms with van der Waals surface area (Å²) in [6.45, 7) is 0. The number of hydrogen-bond acceptors (Lipinski definition) is 4. The summed E-state index contributed by atoms with van der Waals surface area (Å²) in [4.78, 5) is 7.80. The van der Waals surface area contributed by atoms with E-state index < -0.39 is 0 Å². The lowest BCUT2D eigenvalue weighted by Gasteiger charge is -2.16. The lowest BCUT2D eigenvalue weighted by Crippen LogP contribution is -2.33. The van der Waals surface area contributed by atoms with E-state index in [0.29, 0.717) is 5.88 Å². The maximum atomic E-state index is 5.86. The number of nitrogens with two attached hydrogens (primary N) is 1. The molecule has 4 heteroatoms. The Hall–Kier alpha value is -1.16. The third-order valence-electron chi connectivity index (χ3n) is 2.33. The molecule has 2 unspecified atom stereocenters. The molecule has 0 spiro atoms. The van der Waals surface area contributed by atoms with Gasteiger partial charge in [0.15, 0.2) is 0 Å². The molecule has 0 amide bonds. The average molecular weight is 179 g/mol. The van der Waals surface area contributed by atoms with Crippen molar-refractivity contribution in [1.82, 2.24) is 9.97 Å². The predicted octanol–water partition coefficient (Wildman–Crippen LogP) is 0.735. The van der Waals surface area contributed by atoms with Gasteiger partial charge in [-0.3, -0.25) is 0 Å². The number of ether oxygens (including phenoxy) is 1. The van der Waals surface area contributed by atoms with Gasteiger partial charge in [-0.2, -0.15) is 0 Å². The van der Waals surface area contributed by atoms with Crippen LogP contribution < -0.4 is 10.5 Å². The third-order valence-corrected chi connectivity index (χ3v) is 2.33. The molecule has 13 heavy (non-hydrogen) atoms. The molecule has 1 aromatic rings. The molecule has 1 fully saturated rings.